The number of hydrogen-bond acceptors (Lipinski definition) is 5. The lowest BCUT2D eigenvalue weighted by molar-refractivity contribution is 0.0531. The molecule has 0 saturated carbocycles. The summed E-state index contributed by atoms with van der Waals surface area (Å²) in [6, 6.07) is 0.00902. The summed E-state index contributed by atoms with van der Waals surface area (Å²) in [6.45, 7) is 9.89. The van der Waals surface area contributed by atoms with Crippen molar-refractivity contribution in [2.24, 2.45) is 5.92 Å². The molecule has 21 heavy (non-hydrogen) atoms. The van der Waals surface area contributed by atoms with Gasteiger partial charge in [0.1, 0.15) is 4.88 Å². The highest BCUT2D eigenvalue weighted by atomic mass is 32.1. The van der Waals surface area contributed by atoms with Gasteiger partial charge in [0.15, 0.2) is 0 Å². The molecule has 1 aromatic rings. The molecule has 0 bridgehead atoms. The lowest BCUT2D eigenvalue weighted by Crippen LogP contribution is -2.31. The monoisotopic (exact) mass is 312 g/mol. The molecule has 0 aromatic carbocycles. The van der Waals surface area contributed by atoms with E-state index in [2.05, 4.69) is 5.32 Å². The van der Waals surface area contributed by atoms with Crippen LogP contribution in [-0.2, 0) is 11.2 Å². The molecule has 0 aliphatic heterocycles. The summed E-state index contributed by atoms with van der Waals surface area (Å²) in [7, 11) is 0. The Kier molecular flexibility index (Phi) is 6.20. The first-order chi connectivity index (χ1) is 9.77. The molecule has 0 radical (unpaired) electrons. The summed E-state index contributed by atoms with van der Waals surface area (Å²) in [5.41, 5.74) is 7.10. The van der Waals surface area contributed by atoms with Crippen molar-refractivity contribution in [3.05, 3.63) is 16.0 Å². The number of esters is 1. The third kappa shape index (κ3) is 4.46. The number of nitrogens with two attached hydrogens (primary N) is 1. The molecule has 1 heterocycles. The topological polar surface area (TPSA) is 81.4 Å². The van der Waals surface area contributed by atoms with Gasteiger partial charge in [-0.2, -0.15) is 0 Å². The van der Waals surface area contributed by atoms with E-state index in [0.29, 0.717) is 40.0 Å². The van der Waals surface area contributed by atoms with Gasteiger partial charge in [0.25, 0.3) is 5.91 Å². The molecule has 3 N–H and O–H groups in total. The second kappa shape index (κ2) is 7.45. The van der Waals surface area contributed by atoms with E-state index in [0.717, 1.165) is 11.3 Å². The van der Waals surface area contributed by atoms with Crippen molar-refractivity contribution in [1.82, 2.24) is 5.32 Å². The predicted octanol–water partition coefficient (Wildman–Crippen LogP) is 2.84. The largest absolute Gasteiger partial charge is 0.462 e. The zero-order valence-electron chi connectivity index (χ0n) is 13.3. The second-order valence-corrected chi connectivity index (χ2v) is 6.65. The second-order valence-electron chi connectivity index (χ2n) is 5.60. The van der Waals surface area contributed by atoms with Gasteiger partial charge in [0.2, 0.25) is 0 Å². The predicted molar refractivity (Wildman–Crippen MR) is 85.8 cm³/mol. The number of hydrogen-bond donors (Lipinski definition) is 2. The Morgan fingerprint density at radius 2 is 1.90 bits per heavy atom. The van der Waals surface area contributed by atoms with Crippen molar-refractivity contribution in [3.8, 4) is 0 Å². The average Bonchev–Trinajstić information content (AvgIpc) is 2.64. The number of rotatable bonds is 6. The Hall–Kier alpha value is -1.56. The van der Waals surface area contributed by atoms with Crippen molar-refractivity contribution in [2.45, 2.75) is 47.1 Å². The normalized spacial score (nSPS) is 11.0. The lowest BCUT2D eigenvalue weighted by atomic mass is 9.98. The van der Waals surface area contributed by atoms with Crippen molar-refractivity contribution in [1.29, 1.82) is 0 Å². The van der Waals surface area contributed by atoms with Gasteiger partial charge < -0.3 is 15.8 Å². The van der Waals surface area contributed by atoms with Gasteiger partial charge in [-0.3, -0.25) is 4.79 Å². The maximum Gasteiger partial charge on any atom is 0.348 e. The molecule has 0 saturated heterocycles. The van der Waals surface area contributed by atoms with E-state index in [-0.39, 0.29) is 11.9 Å². The molecule has 0 aliphatic carbocycles. The Bertz CT molecular complexity index is 521. The molecular weight excluding hydrogens is 288 g/mol. The minimum atomic E-state index is -0.409. The van der Waals surface area contributed by atoms with Crippen LogP contribution in [0.25, 0.3) is 0 Å². The summed E-state index contributed by atoms with van der Waals surface area (Å²) in [5.74, 6) is -0.337. The van der Waals surface area contributed by atoms with Crippen LogP contribution in [0.3, 0.4) is 0 Å². The zero-order chi connectivity index (χ0) is 16.2. The van der Waals surface area contributed by atoms with Gasteiger partial charge in [-0.1, -0.05) is 13.8 Å². The molecule has 0 fully saturated rings. The SMILES string of the molecule is CCOC(=O)c1sc(N)c(C(=O)NC(C)C)c1CC(C)C. The molecule has 0 atom stereocenters. The Balaban J connectivity index is 3.28. The zero-order valence-corrected chi connectivity index (χ0v) is 14.1. The van der Waals surface area contributed by atoms with Gasteiger partial charge in [0.05, 0.1) is 17.2 Å². The van der Waals surface area contributed by atoms with E-state index in [9.17, 15) is 9.59 Å². The van der Waals surface area contributed by atoms with Crippen LogP contribution in [0.15, 0.2) is 0 Å². The molecule has 5 nitrogen and oxygen atoms in total. The summed E-state index contributed by atoms with van der Waals surface area (Å²) in [4.78, 5) is 24.8. The molecule has 0 unspecified atom stereocenters. The number of amides is 1. The number of ether oxygens (including phenoxy) is 1. The Morgan fingerprint density at radius 1 is 1.29 bits per heavy atom. The highest BCUT2D eigenvalue weighted by Crippen LogP contribution is 2.33. The first kappa shape index (κ1) is 17.5. The van der Waals surface area contributed by atoms with E-state index in [1.54, 1.807) is 6.92 Å². The van der Waals surface area contributed by atoms with E-state index >= 15 is 0 Å². The fourth-order valence-electron chi connectivity index (χ4n) is 2.03. The van der Waals surface area contributed by atoms with Gasteiger partial charge in [0, 0.05) is 6.04 Å². The summed E-state index contributed by atoms with van der Waals surface area (Å²) in [5, 5.41) is 3.20. The van der Waals surface area contributed by atoms with Crippen LogP contribution in [-0.4, -0.2) is 24.5 Å². The standard InChI is InChI=1S/C15H24N2O3S/c1-6-20-15(19)12-10(7-8(2)3)11(13(16)21-12)14(18)17-9(4)5/h8-9H,6-7,16H2,1-5H3,(H,17,18). The Labute approximate surface area is 129 Å². The fraction of sp³-hybridized carbons (Fsp3) is 0.600. The van der Waals surface area contributed by atoms with Gasteiger partial charge in [-0.15, -0.1) is 11.3 Å². The molecule has 0 spiro atoms. The van der Waals surface area contributed by atoms with Crippen LogP contribution in [0.5, 0.6) is 0 Å². The van der Waals surface area contributed by atoms with Crippen LogP contribution < -0.4 is 11.1 Å². The number of nitrogen functional groups attached to an aromatic ring is 1. The number of carbonyl (C=O) groups is 2. The number of carbonyl (C=O) groups excluding carboxylic acids is 2. The van der Waals surface area contributed by atoms with Crippen molar-refractivity contribution >= 4 is 28.2 Å². The van der Waals surface area contributed by atoms with Gasteiger partial charge in [-0.25, -0.2) is 4.79 Å². The van der Waals surface area contributed by atoms with Crippen LogP contribution in [0.4, 0.5) is 5.00 Å². The summed E-state index contributed by atoms with van der Waals surface area (Å²) >= 11 is 1.13. The minimum absolute atomic E-state index is 0.00902. The smallest absolute Gasteiger partial charge is 0.348 e. The van der Waals surface area contributed by atoms with E-state index in [1.807, 2.05) is 27.7 Å². The Morgan fingerprint density at radius 3 is 2.38 bits per heavy atom. The molecule has 1 aromatic heterocycles. The molecule has 1 amide bonds. The highest BCUT2D eigenvalue weighted by molar-refractivity contribution is 7.18. The first-order valence-corrected chi connectivity index (χ1v) is 7.98. The molecule has 118 valence electrons. The van der Waals surface area contributed by atoms with Gasteiger partial charge in [-0.05, 0) is 38.7 Å². The highest BCUT2D eigenvalue weighted by Gasteiger charge is 2.27. The van der Waals surface area contributed by atoms with Crippen molar-refractivity contribution in [3.63, 3.8) is 0 Å². The third-order valence-electron chi connectivity index (χ3n) is 2.75. The van der Waals surface area contributed by atoms with Crippen LogP contribution >= 0.6 is 11.3 Å². The number of anilines is 1. The van der Waals surface area contributed by atoms with E-state index < -0.39 is 5.97 Å². The first-order valence-electron chi connectivity index (χ1n) is 7.16. The third-order valence-corrected chi connectivity index (χ3v) is 3.80. The maximum absolute atomic E-state index is 12.3. The molecule has 6 heteroatoms. The molecule has 1 rings (SSSR count). The average molecular weight is 312 g/mol. The van der Waals surface area contributed by atoms with E-state index in [1.165, 1.54) is 0 Å². The van der Waals surface area contributed by atoms with Crippen molar-refractivity contribution in [2.75, 3.05) is 12.3 Å². The van der Waals surface area contributed by atoms with Crippen LogP contribution in [0, 0.1) is 5.92 Å². The lowest BCUT2D eigenvalue weighted by Gasteiger charge is -2.12. The minimum Gasteiger partial charge on any atom is -0.462 e. The summed E-state index contributed by atoms with van der Waals surface area (Å²) < 4.78 is 5.06. The molecular formula is C15H24N2O3S. The van der Waals surface area contributed by atoms with Gasteiger partial charge >= 0.3 is 5.97 Å². The fourth-order valence-corrected chi connectivity index (χ4v) is 3.02. The molecule has 0 aliphatic rings. The number of thiophene rings is 1. The van der Waals surface area contributed by atoms with Crippen molar-refractivity contribution < 1.29 is 14.3 Å². The number of nitrogens with one attached hydrogen (secondary N) is 1. The maximum atomic E-state index is 12.3. The van der Waals surface area contributed by atoms with E-state index in [4.69, 9.17) is 10.5 Å². The van der Waals surface area contributed by atoms with Crippen LogP contribution in [0.1, 0.15) is 60.2 Å². The summed E-state index contributed by atoms with van der Waals surface area (Å²) in [6.07, 6.45) is 0.614. The van der Waals surface area contributed by atoms with Crippen LogP contribution in [0.2, 0.25) is 0 Å². The quantitative estimate of drug-likeness (QED) is 0.791.